The Bertz CT molecular complexity index is 848. The van der Waals surface area contributed by atoms with Gasteiger partial charge < -0.3 is 15.0 Å². The molecule has 0 radical (unpaired) electrons. The summed E-state index contributed by atoms with van der Waals surface area (Å²) < 4.78 is 8.04. The molecule has 7 heteroatoms. The van der Waals surface area contributed by atoms with E-state index in [1.165, 1.54) is 24.9 Å². The Balaban J connectivity index is 1.35. The zero-order chi connectivity index (χ0) is 19.7. The normalized spacial score (nSPS) is 23.1. The Kier molecular flexibility index (Phi) is 5.54. The highest BCUT2D eigenvalue weighted by molar-refractivity contribution is 7.96. The summed E-state index contributed by atoms with van der Waals surface area (Å²) in [7, 11) is 0. The molecule has 3 fully saturated rings. The lowest BCUT2D eigenvalue weighted by Crippen LogP contribution is -2.35. The lowest BCUT2D eigenvalue weighted by Gasteiger charge is -2.33. The standard InChI is InChI=1S/C22H31N5OS/c1-29-27-10-5-18(6-11-27)24-21-23-15-17-3-2-4-19(20(17)25-21)26-12-7-22(16-26)8-13-28-14-9-22/h2-4,15,18H,5-14,16H2,1H3,(H,23,24,25). The lowest BCUT2D eigenvalue weighted by atomic mass is 9.80. The second kappa shape index (κ2) is 8.28. The van der Waals surface area contributed by atoms with E-state index in [0.717, 1.165) is 69.1 Å². The third-order valence-electron chi connectivity index (χ3n) is 6.97. The van der Waals surface area contributed by atoms with Crippen molar-refractivity contribution in [2.24, 2.45) is 5.41 Å². The number of hydrogen-bond acceptors (Lipinski definition) is 7. The molecule has 1 spiro atoms. The first-order valence-corrected chi connectivity index (χ1v) is 12.1. The van der Waals surface area contributed by atoms with Crippen molar-refractivity contribution in [2.75, 3.05) is 55.9 Å². The highest BCUT2D eigenvalue weighted by Gasteiger charge is 2.39. The molecule has 2 aromatic rings. The minimum atomic E-state index is 0.430. The summed E-state index contributed by atoms with van der Waals surface area (Å²) in [6.07, 6.45) is 10.0. The maximum Gasteiger partial charge on any atom is 0.223 e. The second-order valence-electron chi connectivity index (χ2n) is 8.72. The van der Waals surface area contributed by atoms with Gasteiger partial charge in [-0.2, -0.15) is 0 Å². The third kappa shape index (κ3) is 4.05. The largest absolute Gasteiger partial charge is 0.381 e. The van der Waals surface area contributed by atoms with Crippen molar-refractivity contribution in [3.63, 3.8) is 0 Å². The van der Waals surface area contributed by atoms with Crippen LogP contribution in [0, 0.1) is 5.41 Å². The molecule has 5 rings (SSSR count). The van der Waals surface area contributed by atoms with Crippen LogP contribution in [0.25, 0.3) is 10.9 Å². The van der Waals surface area contributed by atoms with Gasteiger partial charge in [0.25, 0.3) is 0 Å². The van der Waals surface area contributed by atoms with Gasteiger partial charge in [-0.25, -0.2) is 9.97 Å². The minimum absolute atomic E-state index is 0.430. The van der Waals surface area contributed by atoms with Crippen LogP contribution in [-0.2, 0) is 4.74 Å². The van der Waals surface area contributed by atoms with Crippen LogP contribution in [0.4, 0.5) is 11.6 Å². The SMILES string of the molecule is CSN1CCC(Nc2ncc3cccc(N4CCC5(CCOCC5)C4)c3n2)CC1. The van der Waals surface area contributed by atoms with Crippen LogP contribution < -0.4 is 10.2 Å². The number of fused-ring (bicyclic) bond motifs is 1. The molecular formula is C22H31N5OS. The average molecular weight is 414 g/mol. The van der Waals surface area contributed by atoms with Gasteiger partial charge in [0.1, 0.15) is 0 Å². The van der Waals surface area contributed by atoms with Crippen LogP contribution in [0.2, 0.25) is 0 Å². The first kappa shape index (κ1) is 19.4. The first-order chi connectivity index (χ1) is 14.2. The zero-order valence-corrected chi connectivity index (χ0v) is 18.1. The van der Waals surface area contributed by atoms with Crippen LogP contribution in [0.5, 0.6) is 0 Å². The van der Waals surface area contributed by atoms with Crippen LogP contribution >= 0.6 is 11.9 Å². The molecule has 1 N–H and O–H groups in total. The number of hydrogen-bond donors (Lipinski definition) is 1. The molecule has 3 saturated heterocycles. The fourth-order valence-corrected chi connectivity index (χ4v) is 5.66. The Morgan fingerprint density at radius 1 is 1.14 bits per heavy atom. The van der Waals surface area contributed by atoms with Crippen molar-refractivity contribution in [2.45, 2.75) is 38.1 Å². The number of anilines is 2. The smallest absolute Gasteiger partial charge is 0.223 e. The molecule has 0 aliphatic carbocycles. The summed E-state index contributed by atoms with van der Waals surface area (Å²) in [6.45, 7) is 6.30. The van der Waals surface area contributed by atoms with E-state index >= 15 is 0 Å². The number of nitrogens with one attached hydrogen (secondary N) is 1. The van der Waals surface area contributed by atoms with Crippen molar-refractivity contribution >= 4 is 34.5 Å². The van der Waals surface area contributed by atoms with Gasteiger partial charge in [0.2, 0.25) is 5.95 Å². The van der Waals surface area contributed by atoms with Crippen molar-refractivity contribution in [3.05, 3.63) is 24.4 Å². The summed E-state index contributed by atoms with van der Waals surface area (Å²) in [5.74, 6) is 0.771. The molecule has 0 bridgehead atoms. The second-order valence-corrected chi connectivity index (χ2v) is 9.60. The summed E-state index contributed by atoms with van der Waals surface area (Å²) in [5, 5.41) is 4.72. The summed E-state index contributed by atoms with van der Waals surface area (Å²) in [6, 6.07) is 6.95. The van der Waals surface area contributed by atoms with Gasteiger partial charge in [-0.3, -0.25) is 4.31 Å². The number of nitrogens with zero attached hydrogens (tertiary/aromatic N) is 4. The van der Waals surface area contributed by atoms with Crippen LogP contribution in [-0.4, -0.2) is 66.0 Å². The molecule has 1 aromatic heterocycles. The highest BCUT2D eigenvalue weighted by atomic mass is 32.2. The van der Waals surface area contributed by atoms with Crippen molar-refractivity contribution in [1.82, 2.24) is 14.3 Å². The van der Waals surface area contributed by atoms with Gasteiger partial charge in [0, 0.05) is 57.0 Å². The summed E-state index contributed by atoms with van der Waals surface area (Å²) in [4.78, 5) is 12.1. The quantitative estimate of drug-likeness (QED) is 0.765. The molecule has 1 aromatic carbocycles. The van der Waals surface area contributed by atoms with Gasteiger partial charge in [-0.1, -0.05) is 24.1 Å². The van der Waals surface area contributed by atoms with Crippen molar-refractivity contribution in [3.8, 4) is 0 Å². The molecular weight excluding hydrogens is 382 g/mol. The molecule has 4 heterocycles. The monoisotopic (exact) mass is 413 g/mol. The number of aromatic nitrogens is 2. The summed E-state index contributed by atoms with van der Waals surface area (Å²) >= 11 is 1.84. The van der Waals surface area contributed by atoms with E-state index < -0.39 is 0 Å². The fraction of sp³-hybridized carbons (Fsp3) is 0.636. The molecule has 3 aliphatic rings. The first-order valence-electron chi connectivity index (χ1n) is 10.9. The van der Waals surface area contributed by atoms with Crippen LogP contribution in [0.15, 0.2) is 24.4 Å². The number of benzene rings is 1. The maximum atomic E-state index is 5.62. The number of ether oxygens (including phenoxy) is 1. The zero-order valence-electron chi connectivity index (χ0n) is 17.3. The van der Waals surface area contributed by atoms with E-state index in [2.05, 4.69) is 44.0 Å². The molecule has 0 amide bonds. The van der Waals surface area contributed by atoms with Gasteiger partial charge in [-0.05, 0) is 49.8 Å². The predicted octanol–water partition coefficient (Wildman–Crippen LogP) is 3.79. The Hall–Kier alpha value is -1.57. The van der Waals surface area contributed by atoms with Gasteiger partial charge in [0.15, 0.2) is 0 Å². The third-order valence-corrected chi connectivity index (χ3v) is 7.85. The molecule has 0 unspecified atom stereocenters. The van der Waals surface area contributed by atoms with Crippen LogP contribution in [0.1, 0.15) is 32.1 Å². The molecule has 0 atom stereocenters. The van der Waals surface area contributed by atoms with Crippen LogP contribution in [0.3, 0.4) is 0 Å². The Morgan fingerprint density at radius 3 is 2.76 bits per heavy atom. The maximum absolute atomic E-state index is 5.62. The topological polar surface area (TPSA) is 53.5 Å². The van der Waals surface area contributed by atoms with E-state index in [0.29, 0.717) is 11.5 Å². The van der Waals surface area contributed by atoms with Gasteiger partial charge in [0.05, 0.1) is 11.2 Å². The fourth-order valence-electron chi connectivity index (χ4n) is 5.08. The molecule has 0 saturated carbocycles. The predicted molar refractivity (Wildman–Crippen MR) is 121 cm³/mol. The van der Waals surface area contributed by atoms with E-state index in [4.69, 9.17) is 9.72 Å². The van der Waals surface area contributed by atoms with E-state index in [1.807, 2.05) is 18.1 Å². The van der Waals surface area contributed by atoms with Crippen molar-refractivity contribution < 1.29 is 4.74 Å². The molecule has 156 valence electrons. The highest BCUT2D eigenvalue weighted by Crippen LogP contribution is 2.42. The van der Waals surface area contributed by atoms with E-state index in [-0.39, 0.29) is 0 Å². The van der Waals surface area contributed by atoms with Gasteiger partial charge in [-0.15, -0.1) is 0 Å². The lowest BCUT2D eigenvalue weighted by molar-refractivity contribution is 0.0254. The van der Waals surface area contributed by atoms with E-state index in [1.54, 1.807) is 0 Å². The summed E-state index contributed by atoms with van der Waals surface area (Å²) in [5.41, 5.74) is 2.77. The Morgan fingerprint density at radius 2 is 1.97 bits per heavy atom. The minimum Gasteiger partial charge on any atom is -0.381 e. The molecule has 6 nitrogen and oxygen atoms in total. The molecule has 29 heavy (non-hydrogen) atoms. The molecule has 3 aliphatic heterocycles. The average Bonchev–Trinajstić information content (AvgIpc) is 3.17. The number of rotatable bonds is 4. The number of para-hydroxylation sites is 1. The Labute approximate surface area is 177 Å². The van der Waals surface area contributed by atoms with E-state index in [9.17, 15) is 0 Å². The van der Waals surface area contributed by atoms with Crippen molar-refractivity contribution in [1.29, 1.82) is 0 Å². The van der Waals surface area contributed by atoms with Gasteiger partial charge >= 0.3 is 0 Å². The number of piperidine rings is 1.